The van der Waals surface area contributed by atoms with E-state index in [1.807, 2.05) is 42.5 Å². The Kier molecular flexibility index (Phi) is 24.1. The van der Waals surface area contributed by atoms with Crippen LogP contribution in [0.4, 0.5) is 0 Å². The van der Waals surface area contributed by atoms with E-state index in [0.717, 1.165) is 5.39 Å². The van der Waals surface area contributed by atoms with E-state index in [1.54, 1.807) is 79.0 Å². The molecule has 0 bridgehead atoms. The average Bonchev–Trinajstić information content (AvgIpc) is 1.59. The Bertz CT molecular complexity index is 3770. The first-order valence-corrected chi connectivity index (χ1v) is 32.5. The highest BCUT2D eigenvalue weighted by atomic mass is 16.2. The standard InChI is InChI=1S/C68H84N16O12/c69-27-11-23-47-59(87)77-49(34-42-38-73-46-22-10-8-20-44(42)46)61(89)81-53(31-39-15-3-1-4-16-39)67(95)83-29-13-25-55(83)65(93)80-52(37-58(72)86)64(92)76-48(24-12-28-70)60(88)78-50(35-43-33-41-19-7-9-21-45(41)74-43)62(90)82-54(32-40-17-5-2-6-18-40)68(96)84-30-14-26-56(84)66(94)79-51(36-57(71)85)63(91)75-47/h1-10,15-22,33,38,47-56,73-74H,11-14,23-32,34-37,69-70H2,(H2,71,85)(H2,72,86)(H,75,91)(H,76,92)(H,77,87)(H,78,88)(H,79,94)(H,80,93)(H,81,89)(H,82,90)/t47-,48-,49-,50-,51-,52-,53+,54+,55-,56-/m0/s1. The van der Waals surface area contributed by atoms with E-state index in [1.165, 1.54) is 9.80 Å². The molecule has 0 spiro atoms. The molecule has 0 unspecified atom stereocenters. The van der Waals surface area contributed by atoms with Gasteiger partial charge in [0.25, 0.3) is 0 Å². The number of primary amides is 2. The third kappa shape index (κ3) is 18.3. The lowest BCUT2D eigenvalue weighted by molar-refractivity contribution is -0.143. The largest absolute Gasteiger partial charge is 0.370 e. The van der Waals surface area contributed by atoms with Crippen molar-refractivity contribution in [3.05, 3.63) is 144 Å². The first-order valence-electron chi connectivity index (χ1n) is 32.5. The fourth-order valence-corrected chi connectivity index (χ4v) is 12.7. The number of para-hydroxylation sites is 2. The van der Waals surface area contributed by atoms with Crippen LogP contribution in [0.25, 0.3) is 21.8 Å². The molecule has 3 saturated heterocycles. The minimum atomic E-state index is -1.71. The van der Waals surface area contributed by atoms with Crippen LogP contribution in [0.2, 0.25) is 0 Å². The summed E-state index contributed by atoms with van der Waals surface area (Å²) >= 11 is 0. The van der Waals surface area contributed by atoms with Gasteiger partial charge in [0.1, 0.15) is 60.4 Å². The Balaban J connectivity index is 1.11. The summed E-state index contributed by atoms with van der Waals surface area (Å²) in [5.74, 6) is -10.7. The SMILES string of the molecule is NCCC[C@@H]1NC(=O)[C@H](CC(N)=O)NC(=O)[C@@H]2CCCN2C(=O)[C@@H](Cc2ccccc2)NC(=O)[C@H](Cc2c[nH]c3ccccc23)NC(=O)[C@H](CCCN)NC(=O)[C@H](CC(N)=O)NC(=O)[C@@H]2CCCN2C(=O)[C@@H](Cc2ccccc2)NC(=O)[C@H](Cc2cc3ccccc3[nH]2)NC1=O. The van der Waals surface area contributed by atoms with Gasteiger partial charge in [0.2, 0.25) is 70.9 Å². The normalized spacial score (nSPS) is 24.1. The number of hydrogen-bond acceptors (Lipinski definition) is 14. The Hall–Kier alpha value is -10.5. The molecule has 10 atom stereocenters. The molecule has 0 saturated carbocycles. The number of nitrogens with one attached hydrogen (secondary N) is 10. The molecule has 4 aromatic carbocycles. The lowest BCUT2D eigenvalue weighted by Gasteiger charge is -2.32. The second kappa shape index (κ2) is 33.1. The number of amides is 12. The molecule has 96 heavy (non-hydrogen) atoms. The van der Waals surface area contributed by atoms with E-state index in [0.29, 0.717) is 38.8 Å². The number of nitrogens with zero attached hydrogens (tertiary/aromatic N) is 2. The summed E-state index contributed by atoms with van der Waals surface area (Å²) in [7, 11) is 0. The third-order valence-electron chi connectivity index (χ3n) is 17.6. The summed E-state index contributed by atoms with van der Waals surface area (Å²) in [5, 5.41) is 23.3. The number of hydrogen-bond donors (Lipinski definition) is 14. The van der Waals surface area contributed by atoms with Crippen LogP contribution >= 0.6 is 0 Å². The smallest absolute Gasteiger partial charge is 0.246 e. The molecule has 28 heteroatoms. The van der Waals surface area contributed by atoms with Gasteiger partial charge in [-0.25, -0.2) is 0 Å². The van der Waals surface area contributed by atoms with Crippen molar-refractivity contribution >= 4 is 92.7 Å². The average molecular weight is 1320 g/mol. The molecule has 3 aliphatic heterocycles. The van der Waals surface area contributed by atoms with Crippen LogP contribution in [0.3, 0.4) is 0 Å². The van der Waals surface area contributed by atoms with E-state index in [4.69, 9.17) is 22.9 Å². The Morgan fingerprint density at radius 2 is 0.823 bits per heavy atom. The lowest BCUT2D eigenvalue weighted by atomic mass is 10.0. The number of nitrogens with two attached hydrogens (primary N) is 4. The maximum atomic E-state index is 15.2. The van der Waals surface area contributed by atoms with Crippen LogP contribution in [-0.2, 0) is 83.2 Å². The molecule has 508 valence electrons. The highest BCUT2D eigenvalue weighted by Crippen LogP contribution is 2.25. The fraction of sp³-hybridized carbons (Fsp3) is 0.412. The van der Waals surface area contributed by atoms with Crippen LogP contribution in [0, 0.1) is 0 Å². The quantitative estimate of drug-likeness (QED) is 0.0492. The van der Waals surface area contributed by atoms with Gasteiger partial charge in [0.05, 0.1) is 12.8 Å². The van der Waals surface area contributed by atoms with Crippen molar-refractivity contribution in [2.24, 2.45) is 22.9 Å². The predicted molar refractivity (Wildman–Crippen MR) is 353 cm³/mol. The molecule has 0 radical (unpaired) electrons. The summed E-state index contributed by atoms with van der Waals surface area (Å²) in [6.45, 7) is 0.109. The van der Waals surface area contributed by atoms with Crippen molar-refractivity contribution < 1.29 is 57.5 Å². The van der Waals surface area contributed by atoms with E-state index in [2.05, 4.69) is 52.5 Å². The van der Waals surface area contributed by atoms with Crippen molar-refractivity contribution in [2.75, 3.05) is 26.2 Å². The molecule has 9 rings (SSSR count). The highest BCUT2D eigenvalue weighted by Gasteiger charge is 2.43. The van der Waals surface area contributed by atoms with Gasteiger partial charge in [0, 0.05) is 67.1 Å². The van der Waals surface area contributed by atoms with Gasteiger partial charge >= 0.3 is 0 Å². The maximum Gasteiger partial charge on any atom is 0.246 e. The molecule has 18 N–H and O–H groups in total. The second-order valence-electron chi connectivity index (χ2n) is 24.6. The van der Waals surface area contributed by atoms with E-state index in [9.17, 15) is 38.4 Å². The number of aromatic nitrogens is 2. The van der Waals surface area contributed by atoms with Gasteiger partial charge in [0.15, 0.2) is 0 Å². The van der Waals surface area contributed by atoms with E-state index in [-0.39, 0.29) is 103 Å². The molecule has 28 nitrogen and oxygen atoms in total. The topological polar surface area (TPSA) is 443 Å². The molecule has 3 fully saturated rings. The third-order valence-corrected chi connectivity index (χ3v) is 17.6. The number of carbonyl (C=O) groups is 12. The number of rotatable bonds is 18. The summed E-state index contributed by atoms with van der Waals surface area (Å²) in [6, 6.07) is 19.0. The van der Waals surface area contributed by atoms with Crippen LogP contribution in [-0.4, -0.2) is 177 Å². The lowest BCUT2D eigenvalue weighted by Crippen LogP contribution is -2.62. The van der Waals surface area contributed by atoms with Gasteiger partial charge < -0.3 is 85.2 Å². The van der Waals surface area contributed by atoms with Gasteiger partial charge in [-0.05, 0) is 105 Å². The van der Waals surface area contributed by atoms with Crippen molar-refractivity contribution in [3.63, 3.8) is 0 Å². The minimum absolute atomic E-state index is 0.00835. The number of carbonyl (C=O) groups excluding carboxylic acids is 12. The van der Waals surface area contributed by atoms with Crippen molar-refractivity contribution in [1.29, 1.82) is 0 Å². The Labute approximate surface area is 553 Å². The van der Waals surface area contributed by atoms with Gasteiger partial charge in [-0.3, -0.25) is 57.5 Å². The van der Waals surface area contributed by atoms with Crippen LogP contribution in [0.15, 0.2) is 121 Å². The molecule has 2 aromatic heterocycles. The van der Waals surface area contributed by atoms with Gasteiger partial charge in [-0.2, -0.15) is 0 Å². The Morgan fingerprint density at radius 1 is 0.427 bits per heavy atom. The van der Waals surface area contributed by atoms with Crippen molar-refractivity contribution in [1.82, 2.24) is 62.3 Å². The molecular formula is C68H84N16O12. The first-order chi connectivity index (χ1) is 46.3. The maximum absolute atomic E-state index is 15.2. The van der Waals surface area contributed by atoms with E-state index < -0.39 is 144 Å². The van der Waals surface area contributed by atoms with Crippen LogP contribution in [0.5, 0.6) is 0 Å². The summed E-state index contributed by atoms with van der Waals surface area (Å²) in [4.78, 5) is 184. The predicted octanol–water partition coefficient (Wildman–Crippen LogP) is -0.978. The van der Waals surface area contributed by atoms with E-state index >= 15 is 19.2 Å². The Morgan fingerprint density at radius 3 is 1.29 bits per heavy atom. The monoisotopic (exact) mass is 1320 g/mol. The number of H-pyrrole nitrogens is 2. The number of fused-ring (bicyclic) bond motifs is 4. The molecule has 3 aliphatic rings. The molecule has 6 aromatic rings. The van der Waals surface area contributed by atoms with Gasteiger partial charge in [-0.15, -0.1) is 0 Å². The zero-order chi connectivity index (χ0) is 68.4. The number of benzene rings is 4. The van der Waals surface area contributed by atoms with Crippen molar-refractivity contribution in [2.45, 2.75) is 150 Å². The van der Waals surface area contributed by atoms with Crippen molar-refractivity contribution in [3.8, 4) is 0 Å². The highest BCUT2D eigenvalue weighted by molar-refractivity contribution is 6.01. The van der Waals surface area contributed by atoms with Crippen LogP contribution in [0.1, 0.15) is 86.6 Å². The fourth-order valence-electron chi connectivity index (χ4n) is 12.7. The van der Waals surface area contributed by atoms with Gasteiger partial charge in [-0.1, -0.05) is 97.1 Å². The molecular weight excluding hydrogens is 1230 g/mol. The summed E-state index contributed by atoms with van der Waals surface area (Å²) in [5.41, 5.74) is 27.0. The molecule has 5 heterocycles. The zero-order valence-corrected chi connectivity index (χ0v) is 53.2. The summed E-state index contributed by atoms with van der Waals surface area (Å²) in [6.07, 6.45) is 0.374. The first kappa shape index (κ1) is 69.9. The molecule has 0 aliphatic carbocycles. The molecule has 12 amide bonds. The minimum Gasteiger partial charge on any atom is -0.370 e. The van der Waals surface area contributed by atoms with Crippen LogP contribution < -0.4 is 65.5 Å². The summed E-state index contributed by atoms with van der Waals surface area (Å²) < 4.78 is 0. The number of aromatic amines is 2. The second-order valence-corrected chi connectivity index (χ2v) is 24.6. The zero-order valence-electron chi connectivity index (χ0n) is 53.2.